The zero-order chi connectivity index (χ0) is 24.8. The number of aromatic amines is 1. The van der Waals surface area contributed by atoms with Gasteiger partial charge in [-0.1, -0.05) is 27.7 Å². The zero-order valence-corrected chi connectivity index (χ0v) is 21.4. The quantitative estimate of drug-likeness (QED) is 0.212. The molecule has 0 radical (unpaired) electrons. The van der Waals surface area contributed by atoms with Gasteiger partial charge in [-0.15, -0.1) is 0 Å². The number of H-pyrrole nitrogens is 1. The number of fused-ring (bicyclic) bond motifs is 1. The Balaban J connectivity index is 0.00000199. The van der Waals surface area contributed by atoms with Gasteiger partial charge in [0.05, 0.1) is 12.1 Å². The second-order valence-electron chi connectivity index (χ2n) is 7.93. The van der Waals surface area contributed by atoms with Crippen molar-refractivity contribution in [2.24, 2.45) is 0 Å². The predicted molar refractivity (Wildman–Crippen MR) is 139 cm³/mol. The van der Waals surface area contributed by atoms with Crippen LogP contribution in [0.1, 0.15) is 69.8 Å². The smallest absolute Gasteiger partial charge is 0.159 e. The van der Waals surface area contributed by atoms with Crippen molar-refractivity contribution in [2.45, 2.75) is 60.3 Å². The first-order chi connectivity index (χ1) is 16.6. The molecule has 0 bridgehead atoms. The molecule has 0 aliphatic carbocycles. The number of rotatable bonds is 14. The van der Waals surface area contributed by atoms with Crippen LogP contribution in [-0.4, -0.2) is 49.0 Å². The lowest BCUT2D eigenvalue weighted by Crippen LogP contribution is -2.07. The normalized spacial score (nSPS) is 10.7. The SMILES string of the molecule is CC.CCCOCCCc1cc(OCCOCCC)cc(-c2n[nH]c3ccc(C(C)=O)cc23)c1. The molecule has 0 aliphatic rings. The molecule has 0 spiro atoms. The average molecular weight is 469 g/mol. The zero-order valence-electron chi connectivity index (χ0n) is 21.4. The van der Waals surface area contributed by atoms with E-state index in [-0.39, 0.29) is 5.78 Å². The average Bonchev–Trinajstić information content (AvgIpc) is 3.28. The fourth-order valence-electron chi connectivity index (χ4n) is 3.57. The highest BCUT2D eigenvalue weighted by Crippen LogP contribution is 2.31. The first kappa shape index (κ1) is 27.5. The molecule has 0 amide bonds. The topological polar surface area (TPSA) is 73.4 Å². The summed E-state index contributed by atoms with van der Waals surface area (Å²) in [4.78, 5) is 11.9. The number of aromatic nitrogens is 2. The Bertz CT molecular complexity index is 981. The third kappa shape index (κ3) is 8.26. The summed E-state index contributed by atoms with van der Waals surface area (Å²) in [5, 5.41) is 8.56. The Morgan fingerprint density at radius 2 is 1.65 bits per heavy atom. The van der Waals surface area contributed by atoms with Crippen LogP contribution in [0.2, 0.25) is 0 Å². The van der Waals surface area contributed by atoms with Gasteiger partial charge in [-0.2, -0.15) is 5.10 Å². The number of carbonyl (C=O) groups excluding carboxylic acids is 1. The standard InChI is InChI=1S/C26H34N2O4.C2H6/c1-4-10-30-12-6-7-20-15-22(17-23(16-20)32-14-13-31-11-5-2)26-24-18-21(19(3)29)8-9-25(24)27-28-26;1-2/h8-9,15-18H,4-7,10-14H2,1-3H3,(H,27,28);1-2H3. The number of carbonyl (C=O) groups is 1. The third-order valence-electron chi connectivity index (χ3n) is 5.16. The highest BCUT2D eigenvalue weighted by molar-refractivity contribution is 6.01. The fraction of sp³-hybridized carbons (Fsp3) is 0.500. The van der Waals surface area contributed by atoms with Gasteiger partial charge in [0.2, 0.25) is 0 Å². The van der Waals surface area contributed by atoms with Crippen LogP contribution in [-0.2, 0) is 15.9 Å². The minimum Gasteiger partial charge on any atom is -0.491 e. The number of ketones is 1. The molecular weight excluding hydrogens is 428 g/mol. The van der Waals surface area contributed by atoms with Crippen molar-refractivity contribution in [3.8, 4) is 17.0 Å². The van der Waals surface area contributed by atoms with Crippen LogP contribution >= 0.6 is 0 Å². The van der Waals surface area contributed by atoms with Gasteiger partial charge in [0, 0.05) is 36.3 Å². The molecule has 0 saturated heterocycles. The van der Waals surface area contributed by atoms with Crippen molar-refractivity contribution in [3.63, 3.8) is 0 Å². The van der Waals surface area contributed by atoms with E-state index in [2.05, 4.69) is 36.2 Å². The maximum absolute atomic E-state index is 11.9. The second kappa shape index (κ2) is 15.3. The molecule has 0 aliphatic heterocycles. The summed E-state index contributed by atoms with van der Waals surface area (Å²) in [5.41, 5.74) is 4.53. The largest absolute Gasteiger partial charge is 0.491 e. The van der Waals surface area contributed by atoms with Crippen molar-refractivity contribution >= 4 is 16.7 Å². The monoisotopic (exact) mass is 468 g/mol. The van der Waals surface area contributed by atoms with Crippen molar-refractivity contribution in [1.82, 2.24) is 10.2 Å². The van der Waals surface area contributed by atoms with E-state index < -0.39 is 0 Å². The second-order valence-corrected chi connectivity index (χ2v) is 7.93. The molecule has 0 unspecified atom stereocenters. The minimum absolute atomic E-state index is 0.0379. The Labute approximate surface area is 204 Å². The van der Waals surface area contributed by atoms with Crippen LogP contribution in [0.3, 0.4) is 0 Å². The van der Waals surface area contributed by atoms with E-state index in [1.54, 1.807) is 6.92 Å². The number of hydrogen-bond acceptors (Lipinski definition) is 5. The number of hydrogen-bond donors (Lipinski definition) is 1. The highest BCUT2D eigenvalue weighted by Gasteiger charge is 2.13. The van der Waals surface area contributed by atoms with E-state index >= 15 is 0 Å². The van der Waals surface area contributed by atoms with Crippen LogP contribution in [0, 0.1) is 0 Å². The molecule has 3 rings (SSSR count). The molecule has 1 heterocycles. The van der Waals surface area contributed by atoms with E-state index in [0.717, 1.165) is 73.4 Å². The van der Waals surface area contributed by atoms with Gasteiger partial charge in [0.15, 0.2) is 5.78 Å². The van der Waals surface area contributed by atoms with Gasteiger partial charge in [-0.3, -0.25) is 9.89 Å². The van der Waals surface area contributed by atoms with Crippen molar-refractivity contribution in [1.29, 1.82) is 0 Å². The summed E-state index contributed by atoms with van der Waals surface area (Å²) >= 11 is 0. The lowest BCUT2D eigenvalue weighted by atomic mass is 10.0. The molecule has 1 aromatic heterocycles. The Hall–Kier alpha value is -2.70. The molecule has 6 heteroatoms. The molecule has 0 atom stereocenters. The van der Waals surface area contributed by atoms with Crippen molar-refractivity contribution in [3.05, 3.63) is 47.5 Å². The van der Waals surface area contributed by atoms with E-state index in [1.165, 1.54) is 5.56 Å². The molecule has 0 fully saturated rings. The summed E-state index contributed by atoms with van der Waals surface area (Å²) in [6, 6.07) is 11.9. The van der Waals surface area contributed by atoms with Crippen LogP contribution in [0.5, 0.6) is 5.75 Å². The molecular formula is C28H40N2O4. The number of nitrogens with one attached hydrogen (secondary N) is 1. The number of nitrogens with zero attached hydrogens (tertiary/aromatic N) is 1. The fourth-order valence-corrected chi connectivity index (χ4v) is 3.57. The summed E-state index contributed by atoms with van der Waals surface area (Å²) in [6.45, 7) is 13.1. The molecule has 186 valence electrons. The summed E-state index contributed by atoms with van der Waals surface area (Å²) in [7, 11) is 0. The van der Waals surface area contributed by atoms with E-state index in [9.17, 15) is 4.79 Å². The number of Topliss-reactive ketones (excluding diaryl/α,β-unsaturated/α-hetero) is 1. The Kier molecular flexibility index (Phi) is 12.4. The first-order valence-corrected chi connectivity index (χ1v) is 12.5. The lowest BCUT2D eigenvalue weighted by Gasteiger charge is -2.11. The van der Waals surface area contributed by atoms with Crippen LogP contribution < -0.4 is 4.74 Å². The maximum atomic E-state index is 11.9. The summed E-state index contributed by atoms with van der Waals surface area (Å²) in [5.74, 6) is 0.835. The van der Waals surface area contributed by atoms with Crippen LogP contribution in [0.25, 0.3) is 22.2 Å². The lowest BCUT2D eigenvalue weighted by molar-refractivity contribution is 0.101. The van der Waals surface area contributed by atoms with Crippen molar-refractivity contribution in [2.75, 3.05) is 33.0 Å². The molecule has 34 heavy (non-hydrogen) atoms. The molecule has 0 saturated carbocycles. The molecule has 6 nitrogen and oxygen atoms in total. The van der Waals surface area contributed by atoms with Gasteiger partial charge in [-0.25, -0.2) is 0 Å². The van der Waals surface area contributed by atoms with Gasteiger partial charge in [0.25, 0.3) is 0 Å². The highest BCUT2D eigenvalue weighted by atomic mass is 16.5. The minimum atomic E-state index is 0.0379. The predicted octanol–water partition coefficient (Wildman–Crippen LogP) is 6.62. The van der Waals surface area contributed by atoms with Gasteiger partial charge in [0.1, 0.15) is 18.1 Å². The van der Waals surface area contributed by atoms with E-state index in [4.69, 9.17) is 14.2 Å². The summed E-state index contributed by atoms with van der Waals surface area (Å²) in [6.07, 6.45) is 3.86. The Morgan fingerprint density at radius 1 is 0.912 bits per heavy atom. The number of benzene rings is 2. The molecule has 1 N–H and O–H groups in total. The van der Waals surface area contributed by atoms with E-state index in [0.29, 0.717) is 18.8 Å². The van der Waals surface area contributed by atoms with Crippen LogP contribution in [0.15, 0.2) is 36.4 Å². The third-order valence-corrected chi connectivity index (χ3v) is 5.16. The van der Waals surface area contributed by atoms with Gasteiger partial charge in [-0.05, 0) is 74.6 Å². The molecule has 2 aromatic carbocycles. The van der Waals surface area contributed by atoms with E-state index in [1.807, 2.05) is 38.1 Å². The van der Waals surface area contributed by atoms with Crippen molar-refractivity contribution < 1.29 is 19.0 Å². The van der Waals surface area contributed by atoms with Gasteiger partial charge < -0.3 is 14.2 Å². The van der Waals surface area contributed by atoms with Gasteiger partial charge >= 0.3 is 0 Å². The Morgan fingerprint density at radius 3 is 2.35 bits per heavy atom. The number of aryl methyl sites for hydroxylation is 1. The number of ether oxygens (including phenoxy) is 3. The summed E-state index contributed by atoms with van der Waals surface area (Å²) < 4.78 is 17.2. The molecule has 3 aromatic rings. The maximum Gasteiger partial charge on any atom is 0.159 e. The first-order valence-electron chi connectivity index (χ1n) is 12.5. The van der Waals surface area contributed by atoms with Crippen LogP contribution in [0.4, 0.5) is 0 Å².